The van der Waals surface area contributed by atoms with Crippen LogP contribution in [0, 0.1) is 5.82 Å². The molecular weight excluding hydrogens is 401 g/mol. The Hall–Kier alpha value is -2.77. The van der Waals surface area contributed by atoms with E-state index in [2.05, 4.69) is 10.3 Å². The third kappa shape index (κ3) is 3.16. The van der Waals surface area contributed by atoms with Gasteiger partial charge in [0.1, 0.15) is 16.4 Å². The van der Waals surface area contributed by atoms with Crippen LogP contribution < -0.4 is 5.32 Å². The van der Waals surface area contributed by atoms with Crippen molar-refractivity contribution in [3.05, 3.63) is 76.0 Å². The van der Waals surface area contributed by atoms with Crippen LogP contribution in [-0.4, -0.2) is 21.8 Å². The predicted molar refractivity (Wildman–Crippen MR) is 105 cm³/mol. The van der Waals surface area contributed by atoms with Crippen molar-refractivity contribution >= 4 is 34.9 Å². The van der Waals surface area contributed by atoms with Crippen LogP contribution in [-0.2, 0) is 16.9 Å². The van der Waals surface area contributed by atoms with Crippen molar-refractivity contribution in [3.8, 4) is 10.6 Å². The highest BCUT2D eigenvalue weighted by atomic mass is 35.5. The van der Waals surface area contributed by atoms with E-state index in [-0.39, 0.29) is 6.54 Å². The highest BCUT2D eigenvalue weighted by Gasteiger charge is 2.49. The van der Waals surface area contributed by atoms with Gasteiger partial charge in [0.2, 0.25) is 0 Å². The monoisotopic (exact) mass is 415 g/mol. The number of carbonyl (C=O) groups is 2. The molecular formula is C20H15ClFN3O2S. The molecule has 0 bridgehead atoms. The van der Waals surface area contributed by atoms with Crippen LogP contribution in [0.2, 0.25) is 5.02 Å². The highest BCUT2D eigenvalue weighted by molar-refractivity contribution is 7.13. The van der Waals surface area contributed by atoms with Gasteiger partial charge in [0, 0.05) is 10.9 Å². The SMILES string of the molecule is CC1(c2ccc(F)cc2)NC(=O)N(Cc2csc(-c3ccccc3Cl)n2)C1=O. The van der Waals surface area contributed by atoms with E-state index in [0.717, 1.165) is 10.5 Å². The fourth-order valence-corrected chi connectivity index (χ4v) is 4.25. The van der Waals surface area contributed by atoms with Crippen LogP contribution in [0.4, 0.5) is 9.18 Å². The summed E-state index contributed by atoms with van der Waals surface area (Å²) in [6.07, 6.45) is 0. The standard InChI is InChI=1S/C20H15ClFN3O2S/c1-20(12-6-8-13(22)9-7-12)18(26)25(19(27)24-20)10-14-11-28-17(23-14)15-4-2-3-5-16(15)21/h2-9,11H,10H2,1H3,(H,24,27). The van der Waals surface area contributed by atoms with Gasteiger partial charge in [0.05, 0.1) is 17.3 Å². The number of nitrogens with one attached hydrogen (secondary N) is 1. The molecule has 0 aliphatic carbocycles. The number of amides is 3. The molecule has 142 valence electrons. The van der Waals surface area contributed by atoms with Crippen molar-refractivity contribution in [2.45, 2.75) is 19.0 Å². The molecule has 1 saturated heterocycles. The van der Waals surface area contributed by atoms with Gasteiger partial charge in [-0.1, -0.05) is 41.9 Å². The maximum atomic E-state index is 13.2. The summed E-state index contributed by atoms with van der Waals surface area (Å²) in [5, 5.41) is 5.80. The van der Waals surface area contributed by atoms with Gasteiger partial charge >= 0.3 is 6.03 Å². The van der Waals surface area contributed by atoms with Crippen molar-refractivity contribution < 1.29 is 14.0 Å². The van der Waals surface area contributed by atoms with Crippen LogP contribution in [0.1, 0.15) is 18.2 Å². The second kappa shape index (κ2) is 7.00. The third-order valence-electron chi connectivity index (χ3n) is 4.67. The Balaban J connectivity index is 1.58. The molecule has 1 aromatic heterocycles. The van der Waals surface area contributed by atoms with Gasteiger partial charge in [-0.15, -0.1) is 11.3 Å². The lowest BCUT2D eigenvalue weighted by molar-refractivity contribution is -0.131. The Kier molecular flexibility index (Phi) is 4.64. The minimum Gasteiger partial charge on any atom is -0.319 e. The van der Waals surface area contributed by atoms with Gasteiger partial charge in [0.25, 0.3) is 5.91 Å². The number of hydrogen-bond donors (Lipinski definition) is 1. The third-order valence-corrected chi connectivity index (χ3v) is 5.93. The van der Waals surface area contributed by atoms with E-state index in [1.807, 2.05) is 18.2 Å². The molecule has 4 rings (SSSR count). The maximum absolute atomic E-state index is 13.2. The van der Waals surface area contributed by atoms with Gasteiger partial charge in [0.15, 0.2) is 0 Å². The molecule has 1 aliphatic rings. The molecule has 1 aliphatic heterocycles. The summed E-state index contributed by atoms with van der Waals surface area (Å²) in [6, 6.07) is 12.4. The van der Waals surface area contributed by atoms with E-state index in [1.165, 1.54) is 35.6 Å². The first-order valence-corrected chi connectivity index (χ1v) is 9.74. The van der Waals surface area contributed by atoms with Crippen molar-refractivity contribution in [1.29, 1.82) is 0 Å². The van der Waals surface area contributed by atoms with Crippen LogP contribution in [0.15, 0.2) is 53.9 Å². The lowest BCUT2D eigenvalue weighted by atomic mass is 9.92. The van der Waals surface area contributed by atoms with E-state index < -0.39 is 23.3 Å². The van der Waals surface area contributed by atoms with Gasteiger partial charge < -0.3 is 5.32 Å². The molecule has 2 heterocycles. The number of aromatic nitrogens is 1. The van der Waals surface area contributed by atoms with Gasteiger partial charge in [-0.25, -0.2) is 14.2 Å². The minimum atomic E-state index is -1.24. The number of hydrogen-bond acceptors (Lipinski definition) is 4. The molecule has 3 amide bonds. The average Bonchev–Trinajstić information content (AvgIpc) is 3.22. The number of carbonyl (C=O) groups excluding carboxylic acids is 2. The quantitative estimate of drug-likeness (QED) is 0.635. The van der Waals surface area contributed by atoms with Crippen molar-refractivity contribution in [2.75, 3.05) is 0 Å². The molecule has 1 fully saturated rings. The normalized spacial score (nSPS) is 19.2. The van der Waals surface area contributed by atoms with Crippen LogP contribution >= 0.6 is 22.9 Å². The van der Waals surface area contributed by atoms with E-state index >= 15 is 0 Å². The zero-order chi connectivity index (χ0) is 19.9. The smallest absolute Gasteiger partial charge is 0.319 e. The zero-order valence-electron chi connectivity index (χ0n) is 14.8. The van der Waals surface area contributed by atoms with Crippen LogP contribution in [0.3, 0.4) is 0 Å². The Morgan fingerprint density at radius 3 is 2.61 bits per heavy atom. The summed E-state index contributed by atoms with van der Waals surface area (Å²) in [7, 11) is 0. The molecule has 0 radical (unpaired) electrons. The number of urea groups is 1. The van der Waals surface area contributed by atoms with Crippen molar-refractivity contribution in [1.82, 2.24) is 15.2 Å². The molecule has 1 N–H and O–H groups in total. The van der Waals surface area contributed by atoms with Crippen LogP contribution in [0.5, 0.6) is 0 Å². The number of thiazole rings is 1. The molecule has 5 nitrogen and oxygen atoms in total. The second-order valence-electron chi connectivity index (χ2n) is 6.58. The van der Waals surface area contributed by atoms with E-state index in [4.69, 9.17) is 11.6 Å². The summed E-state index contributed by atoms with van der Waals surface area (Å²) >= 11 is 7.61. The first kappa shape index (κ1) is 18.6. The van der Waals surface area contributed by atoms with Gasteiger partial charge in [-0.3, -0.25) is 9.69 Å². The van der Waals surface area contributed by atoms with Crippen molar-refractivity contribution in [2.24, 2.45) is 0 Å². The molecule has 0 spiro atoms. The number of imide groups is 1. The first-order chi connectivity index (χ1) is 13.4. The Bertz CT molecular complexity index is 1070. The predicted octanol–water partition coefficient (Wildman–Crippen LogP) is 4.57. The van der Waals surface area contributed by atoms with Crippen molar-refractivity contribution in [3.63, 3.8) is 0 Å². The lowest BCUT2D eigenvalue weighted by Crippen LogP contribution is -2.40. The molecule has 2 aromatic carbocycles. The number of halogens is 2. The number of rotatable bonds is 4. The minimum absolute atomic E-state index is 0.0441. The number of benzene rings is 2. The molecule has 0 saturated carbocycles. The molecule has 1 unspecified atom stereocenters. The van der Waals surface area contributed by atoms with Gasteiger partial charge in [-0.2, -0.15) is 0 Å². The van der Waals surface area contributed by atoms with Gasteiger partial charge in [-0.05, 0) is 30.7 Å². The first-order valence-electron chi connectivity index (χ1n) is 8.48. The summed E-state index contributed by atoms with van der Waals surface area (Å²) in [5.41, 5.74) is 0.664. The summed E-state index contributed by atoms with van der Waals surface area (Å²) in [5.74, 6) is -0.813. The Labute approximate surface area is 169 Å². The van der Waals surface area contributed by atoms with Crippen LogP contribution in [0.25, 0.3) is 10.6 Å². The summed E-state index contributed by atoms with van der Waals surface area (Å²) < 4.78 is 13.2. The fourth-order valence-electron chi connectivity index (χ4n) is 3.12. The summed E-state index contributed by atoms with van der Waals surface area (Å²) in [6.45, 7) is 1.65. The molecule has 1 atom stereocenters. The molecule has 3 aromatic rings. The van der Waals surface area contributed by atoms with E-state index in [9.17, 15) is 14.0 Å². The molecule has 8 heteroatoms. The summed E-state index contributed by atoms with van der Waals surface area (Å²) in [4.78, 5) is 31.0. The largest absolute Gasteiger partial charge is 0.325 e. The molecule has 28 heavy (non-hydrogen) atoms. The Morgan fingerprint density at radius 1 is 1.18 bits per heavy atom. The number of nitrogens with zero attached hydrogens (tertiary/aromatic N) is 2. The highest BCUT2D eigenvalue weighted by Crippen LogP contribution is 2.32. The lowest BCUT2D eigenvalue weighted by Gasteiger charge is -2.22. The topological polar surface area (TPSA) is 62.3 Å². The average molecular weight is 416 g/mol. The Morgan fingerprint density at radius 2 is 1.89 bits per heavy atom. The fraction of sp³-hybridized carbons (Fsp3) is 0.150. The zero-order valence-corrected chi connectivity index (χ0v) is 16.4. The van der Waals surface area contributed by atoms with E-state index in [0.29, 0.717) is 21.3 Å². The second-order valence-corrected chi connectivity index (χ2v) is 7.84. The van der Waals surface area contributed by atoms with E-state index in [1.54, 1.807) is 18.4 Å². The maximum Gasteiger partial charge on any atom is 0.325 e.